The van der Waals surface area contributed by atoms with Gasteiger partial charge in [-0.05, 0) is 50.9 Å². The predicted molar refractivity (Wildman–Crippen MR) is 105 cm³/mol. The second kappa shape index (κ2) is 7.35. The first-order valence-electron chi connectivity index (χ1n) is 8.65. The summed E-state index contributed by atoms with van der Waals surface area (Å²) >= 11 is 6.05. The maximum absolute atomic E-state index is 14.5. The maximum atomic E-state index is 14.5. The molecule has 3 aromatic rings. The van der Waals surface area contributed by atoms with Crippen molar-refractivity contribution in [2.75, 3.05) is 4.90 Å². The molecule has 148 valence electrons. The first-order chi connectivity index (χ1) is 13.0. The average molecular weight is 406 g/mol. The van der Waals surface area contributed by atoms with E-state index in [2.05, 4.69) is 15.0 Å². The molecule has 0 N–H and O–H groups in total. The van der Waals surface area contributed by atoms with Gasteiger partial charge in [0.15, 0.2) is 11.5 Å². The van der Waals surface area contributed by atoms with Gasteiger partial charge in [0.2, 0.25) is 5.28 Å². The summed E-state index contributed by atoms with van der Waals surface area (Å²) in [4.78, 5) is 26.7. The van der Waals surface area contributed by atoms with Gasteiger partial charge in [0.1, 0.15) is 16.9 Å². The number of aryl methyl sites for hydroxylation is 2. The summed E-state index contributed by atoms with van der Waals surface area (Å²) < 4.78 is 21.7. The third-order valence-electron chi connectivity index (χ3n) is 3.93. The lowest BCUT2D eigenvalue weighted by molar-refractivity contribution is 0.0576. The van der Waals surface area contributed by atoms with Crippen LogP contribution in [0.2, 0.25) is 5.28 Å². The zero-order valence-corrected chi connectivity index (χ0v) is 17.1. The summed E-state index contributed by atoms with van der Waals surface area (Å²) in [6.45, 7) is 6.96. The van der Waals surface area contributed by atoms with E-state index < -0.39 is 17.5 Å². The number of imidazole rings is 1. The Morgan fingerprint density at radius 1 is 1.32 bits per heavy atom. The zero-order chi connectivity index (χ0) is 20.6. The second-order valence-corrected chi connectivity index (χ2v) is 7.84. The molecule has 0 spiro atoms. The van der Waals surface area contributed by atoms with Crippen molar-refractivity contribution in [1.82, 2.24) is 19.5 Å². The Hall–Kier alpha value is -2.74. The number of aromatic nitrogens is 4. The first-order valence-corrected chi connectivity index (χ1v) is 9.03. The number of rotatable bonds is 3. The van der Waals surface area contributed by atoms with Crippen molar-refractivity contribution >= 4 is 34.7 Å². The van der Waals surface area contributed by atoms with E-state index in [1.165, 1.54) is 11.0 Å². The number of nitrogens with zero attached hydrogens (tertiary/aromatic N) is 5. The number of halogens is 2. The summed E-state index contributed by atoms with van der Waals surface area (Å²) in [7, 11) is 1.75. The van der Waals surface area contributed by atoms with E-state index in [4.69, 9.17) is 16.3 Å². The van der Waals surface area contributed by atoms with Gasteiger partial charge in [0.25, 0.3) is 0 Å². The van der Waals surface area contributed by atoms with Crippen LogP contribution in [0, 0.1) is 12.7 Å². The fourth-order valence-electron chi connectivity index (χ4n) is 2.69. The third kappa shape index (κ3) is 4.22. The number of anilines is 1. The Morgan fingerprint density at radius 2 is 2.04 bits per heavy atom. The maximum Gasteiger partial charge on any atom is 0.416 e. The normalized spacial score (nSPS) is 11.7. The molecule has 0 radical (unpaired) electrons. The minimum atomic E-state index is -0.746. The summed E-state index contributed by atoms with van der Waals surface area (Å²) in [6, 6.07) is 4.82. The predicted octanol–water partition coefficient (Wildman–Crippen LogP) is 4.41. The average Bonchev–Trinajstić information content (AvgIpc) is 2.92. The van der Waals surface area contributed by atoms with Crippen LogP contribution < -0.4 is 4.90 Å². The minimum absolute atomic E-state index is 0.0702. The Morgan fingerprint density at radius 3 is 2.68 bits per heavy atom. The molecule has 7 nitrogen and oxygen atoms in total. The van der Waals surface area contributed by atoms with Crippen LogP contribution in [0.3, 0.4) is 0 Å². The summed E-state index contributed by atoms with van der Waals surface area (Å²) in [5.41, 5.74) is 1.17. The summed E-state index contributed by atoms with van der Waals surface area (Å²) in [5, 5.41) is -0.0702. The highest BCUT2D eigenvalue weighted by Gasteiger charge is 2.28. The Balaban J connectivity index is 2.14. The zero-order valence-electron chi connectivity index (χ0n) is 16.3. The van der Waals surface area contributed by atoms with E-state index in [1.54, 1.807) is 57.8 Å². The fourth-order valence-corrected chi connectivity index (χ4v) is 2.85. The lowest BCUT2D eigenvalue weighted by Gasteiger charge is -2.27. The molecule has 0 fully saturated rings. The van der Waals surface area contributed by atoms with Crippen molar-refractivity contribution in [3.63, 3.8) is 0 Å². The van der Waals surface area contributed by atoms with Crippen molar-refractivity contribution in [2.45, 2.75) is 39.8 Å². The van der Waals surface area contributed by atoms with Crippen molar-refractivity contribution in [3.8, 4) is 0 Å². The number of amides is 1. The molecular weight excluding hydrogens is 385 g/mol. The highest BCUT2D eigenvalue weighted by Crippen LogP contribution is 2.28. The molecule has 0 aliphatic rings. The smallest absolute Gasteiger partial charge is 0.416 e. The van der Waals surface area contributed by atoms with Gasteiger partial charge in [-0.3, -0.25) is 4.90 Å². The fraction of sp³-hybridized carbons (Fsp3) is 0.368. The van der Waals surface area contributed by atoms with Gasteiger partial charge in [0, 0.05) is 12.6 Å². The Kier molecular flexibility index (Phi) is 5.25. The summed E-state index contributed by atoms with van der Waals surface area (Å²) in [6.07, 6.45) is 0.864. The number of hydrogen-bond donors (Lipinski definition) is 0. The molecule has 28 heavy (non-hydrogen) atoms. The first kappa shape index (κ1) is 20.0. The molecule has 9 heteroatoms. The standard InChI is InChI=1S/C19H21ClFN5O2/c1-11-6-7-12(13(21)8-11)9-26(18(27)28-19(2,3)4)16-14-15(22-10-25(14)5)23-17(20)24-16/h6-8,10H,9H2,1-5H3. The van der Waals surface area contributed by atoms with Crippen molar-refractivity contribution in [2.24, 2.45) is 7.05 Å². The lowest BCUT2D eigenvalue weighted by atomic mass is 10.1. The van der Waals surface area contributed by atoms with Gasteiger partial charge >= 0.3 is 6.09 Å². The highest BCUT2D eigenvalue weighted by molar-refractivity contribution is 6.28. The molecule has 0 atom stereocenters. The van der Waals surface area contributed by atoms with Crippen LogP contribution in [0.1, 0.15) is 31.9 Å². The molecular formula is C19H21ClFN5O2. The van der Waals surface area contributed by atoms with E-state index in [1.807, 2.05) is 0 Å². The number of fused-ring (bicyclic) bond motifs is 1. The largest absolute Gasteiger partial charge is 0.443 e. The quantitative estimate of drug-likeness (QED) is 0.603. The van der Waals surface area contributed by atoms with Crippen LogP contribution in [0.4, 0.5) is 15.0 Å². The van der Waals surface area contributed by atoms with Crippen LogP contribution in [-0.2, 0) is 18.3 Å². The SMILES string of the molecule is Cc1ccc(CN(C(=O)OC(C)(C)C)c2nc(Cl)nc3ncn(C)c23)c(F)c1. The van der Waals surface area contributed by atoms with Gasteiger partial charge in [0.05, 0.1) is 12.9 Å². The number of hydrogen-bond acceptors (Lipinski definition) is 5. The molecule has 0 bridgehead atoms. The van der Waals surface area contributed by atoms with Crippen molar-refractivity contribution < 1.29 is 13.9 Å². The molecule has 1 aromatic carbocycles. The molecule has 2 heterocycles. The molecule has 0 unspecified atom stereocenters. The van der Waals surface area contributed by atoms with Gasteiger partial charge in [-0.25, -0.2) is 14.2 Å². The van der Waals surface area contributed by atoms with Gasteiger partial charge in [-0.1, -0.05) is 12.1 Å². The molecule has 0 saturated carbocycles. The van der Waals surface area contributed by atoms with E-state index in [0.29, 0.717) is 16.7 Å². The van der Waals surface area contributed by atoms with E-state index in [-0.39, 0.29) is 17.6 Å². The number of benzene rings is 1. The molecule has 0 saturated heterocycles. The number of ether oxygens (including phenoxy) is 1. The molecule has 2 aromatic heterocycles. The van der Waals surface area contributed by atoms with E-state index in [9.17, 15) is 9.18 Å². The monoisotopic (exact) mass is 405 g/mol. The van der Waals surface area contributed by atoms with Crippen LogP contribution in [0.25, 0.3) is 11.2 Å². The van der Waals surface area contributed by atoms with Crippen LogP contribution >= 0.6 is 11.6 Å². The molecule has 0 aliphatic carbocycles. The van der Waals surface area contributed by atoms with Crippen molar-refractivity contribution in [1.29, 1.82) is 0 Å². The highest BCUT2D eigenvalue weighted by atomic mass is 35.5. The van der Waals surface area contributed by atoms with E-state index in [0.717, 1.165) is 5.56 Å². The topological polar surface area (TPSA) is 73.1 Å². The van der Waals surface area contributed by atoms with Crippen LogP contribution in [0.5, 0.6) is 0 Å². The Labute approximate surface area is 167 Å². The van der Waals surface area contributed by atoms with Gasteiger partial charge < -0.3 is 9.30 Å². The van der Waals surface area contributed by atoms with E-state index >= 15 is 0 Å². The third-order valence-corrected chi connectivity index (χ3v) is 4.10. The molecule has 0 aliphatic heterocycles. The molecule has 1 amide bonds. The second-order valence-electron chi connectivity index (χ2n) is 7.51. The van der Waals surface area contributed by atoms with Gasteiger partial charge in [-0.15, -0.1) is 0 Å². The van der Waals surface area contributed by atoms with Gasteiger partial charge in [-0.2, -0.15) is 9.97 Å². The number of carbonyl (C=O) groups excluding carboxylic acids is 1. The minimum Gasteiger partial charge on any atom is -0.443 e. The Bertz CT molecular complexity index is 1040. The van der Waals surface area contributed by atoms with Crippen molar-refractivity contribution in [3.05, 3.63) is 46.8 Å². The lowest BCUT2D eigenvalue weighted by Crippen LogP contribution is -2.37. The van der Waals surface area contributed by atoms with Crippen LogP contribution in [-0.4, -0.2) is 31.2 Å². The van der Waals surface area contributed by atoms with Crippen LogP contribution in [0.15, 0.2) is 24.5 Å². The number of carbonyl (C=O) groups is 1. The molecule has 3 rings (SSSR count). The summed E-state index contributed by atoms with van der Waals surface area (Å²) in [5.74, 6) is -0.223.